The lowest BCUT2D eigenvalue weighted by molar-refractivity contribution is 0.315. The maximum absolute atomic E-state index is 6.47. The predicted molar refractivity (Wildman–Crippen MR) is 138 cm³/mol. The van der Waals surface area contributed by atoms with Gasteiger partial charge in [-0.25, -0.2) is 9.97 Å². The normalized spacial score (nSPS) is 15.8. The SMILES string of the molecule is COc1cc(N2CC[C@@H](N(C)C)C2)c(N)cc1Nc1nccc(-c2cnc3ccccc3c2)n1. The van der Waals surface area contributed by atoms with E-state index in [1.54, 1.807) is 13.3 Å². The van der Waals surface area contributed by atoms with Gasteiger partial charge in [0.25, 0.3) is 0 Å². The van der Waals surface area contributed by atoms with E-state index in [-0.39, 0.29) is 0 Å². The van der Waals surface area contributed by atoms with Crippen LogP contribution in [0.25, 0.3) is 22.2 Å². The largest absolute Gasteiger partial charge is 0.494 e. The summed E-state index contributed by atoms with van der Waals surface area (Å²) in [6.07, 6.45) is 4.67. The quantitative estimate of drug-likeness (QED) is 0.419. The standard InChI is InChI=1S/C26H29N7O/c1-32(2)19-9-11-33(16-19)24-14-25(34-3)23(13-20(24)27)31-26-28-10-8-22(30-26)18-12-17-6-4-5-7-21(17)29-15-18/h4-8,10,12-15,19H,9,11,16,27H2,1-3H3,(H,28,30,31)/t19-/m1/s1. The summed E-state index contributed by atoms with van der Waals surface area (Å²) in [4.78, 5) is 18.2. The molecule has 0 spiro atoms. The molecule has 2 aromatic heterocycles. The molecule has 5 rings (SSSR count). The van der Waals surface area contributed by atoms with Gasteiger partial charge in [-0.15, -0.1) is 0 Å². The number of likely N-dealkylation sites (N-methyl/N-ethyl adjacent to an activating group) is 1. The van der Waals surface area contributed by atoms with Gasteiger partial charge in [-0.1, -0.05) is 18.2 Å². The van der Waals surface area contributed by atoms with Crippen molar-refractivity contribution in [2.75, 3.05) is 50.2 Å². The third-order valence-electron chi connectivity index (χ3n) is 6.37. The van der Waals surface area contributed by atoms with Crippen LogP contribution in [0.3, 0.4) is 0 Å². The fourth-order valence-electron chi connectivity index (χ4n) is 4.42. The number of nitrogens with two attached hydrogens (primary N) is 1. The lowest BCUT2D eigenvalue weighted by Crippen LogP contribution is -2.31. The van der Waals surface area contributed by atoms with Crippen LogP contribution in [0, 0.1) is 0 Å². The van der Waals surface area contributed by atoms with Gasteiger partial charge in [-0.3, -0.25) is 4.98 Å². The van der Waals surface area contributed by atoms with Gasteiger partial charge in [-0.05, 0) is 44.8 Å². The zero-order valence-corrected chi connectivity index (χ0v) is 19.7. The summed E-state index contributed by atoms with van der Waals surface area (Å²) >= 11 is 0. The molecule has 0 radical (unpaired) electrons. The third kappa shape index (κ3) is 4.32. The van der Waals surface area contributed by atoms with Gasteiger partial charge in [0.05, 0.1) is 35.4 Å². The Kier molecular flexibility index (Phi) is 5.90. The van der Waals surface area contributed by atoms with Gasteiger partial charge in [0.1, 0.15) is 5.75 Å². The van der Waals surface area contributed by atoms with Crippen LogP contribution in [0.1, 0.15) is 6.42 Å². The Bertz CT molecular complexity index is 1320. The molecule has 1 aliphatic rings. The van der Waals surface area contributed by atoms with Crippen molar-refractivity contribution in [3.8, 4) is 17.0 Å². The fraction of sp³-hybridized carbons (Fsp3) is 0.269. The van der Waals surface area contributed by atoms with E-state index >= 15 is 0 Å². The molecular formula is C26H29N7O. The van der Waals surface area contributed by atoms with E-state index in [0.29, 0.717) is 23.4 Å². The van der Waals surface area contributed by atoms with Crippen molar-refractivity contribution in [3.05, 3.63) is 60.9 Å². The molecular weight excluding hydrogens is 426 g/mol. The number of hydrogen-bond donors (Lipinski definition) is 2. The highest BCUT2D eigenvalue weighted by molar-refractivity contribution is 5.83. The Morgan fingerprint density at radius 3 is 2.76 bits per heavy atom. The number of benzene rings is 2. The van der Waals surface area contributed by atoms with Gasteiger partial charge < -0.3 is 25.6 Å². The minimum Gasteiger partial charge on any atom is -0.494 e. The molecule has 0 aliphatic carbocycles. The number of nitrogens with zero attached hydrogens (tertiary/aromatic N) is 5. The maximum atomic E-state index is 6.47. The van der Waals surface area contributed by atoms with E-state index in [1.165, 1.54) is 0 Å². The average Bonchev–Trinajstić information content (AvgIpc) is 3.35. The summed E-state index contributed by atoms with van der Waals surface area (Å²) in [5, 5.41) is 4.35. The molecule has 2 aromatic carbocycles. The molecule has 0 saturated carbocycles. The number of methoxy groups -OCH3 is 1. The minimum absolute atomic E-state index is 0.463. The molecule has 1 aliphatic heterocycles. The topological polar surface area (TPSA) is 92.4 Å². The van der Waals surface area contributed by atoms with Crippen molar-refractivity contribution in [3.63, 3.8) is 0 Å². The van der Waals surface area contributed by atoms with E-state index in [4.69, 9.17) is 15.5 Å². The summed E-state index contributed by atoms with van der Waals surface area (Å²) in [7, 11) is 5.89. The molecule has 8 heteroatoms. The van der Waals surface area contributed by atoms with E-state index in [2.05, 4.69) is 45.2 Å². The van der Waals surface area contributed by atoms with Crippen molar-refractivity contribution >= 4 is 33.9 Å². The predicted octanol–water partition coefficient (Wildman–Crippen LogP) is 4.17. The minimum atomic E-state index is 0.463. The van der Waals surface area contributed by atoms with E-state index < -0.39 is 0 Å². The number of nitrogen functional groups attached to an aromatic ring is 1. The van der Waals surface area contributed by atoms with Crippen LogP contribution < -0.4 is 20.7 Å². The number of rotatable bonds is 6. The number of nitrogens with one attached hydrogen (secondary N) is 1. The molecule has 3 N–H and O–H groups in total. The lowest BCUT2D eigenvalue weighted by Gasteiger charge is -2.24. The Balaban J connectivity index is 1.41. The van der Waals surface area contributed by atoms with Crippen LogP contribution in [0.4, 0.5) is 23.0 Å². The van der Waals surface area contributed by atoms with Crippen molar-refractivity contribution in [1.29, 1.82) is 0 Å². The smallest absolute Gasteiger partial charge is 0.227 e. The number of aromatic nitrogens is 3. The highest BCUT2D eigenvalue weighted by Gasteiger charge is 2.26. The summed E-state index contributed by atoms with van der Waals surface area (Å²) in [6.45, 7) is 1.91. The molecule has 174 valence electrons. The first-order chi connectivity index (χ1) is 16.5. The van der Waals surface area contributed by atoms with Crippen LogP contribution in [0.5, 0.6) is 5.75 Å². The van der Waals surface area contributed by atoms with Crippen molar-refractivity contribution < 1.29 is 4.74 Å². The Hall–Kier alpha value is -3.91. The second-order valence-electron chi connectivity index (χ2n) is 8.77. The van der Waals surface area contributed by atoms with Crippen LogP contribution in [0.2, 0.25) is 0 Å². The molecule has 1 atom stereocenters. The molecule has 34 heavy (non-hydrogen) atoms. The van der Waals surface area contributed by atoms with Crippen LogP contribution in [-0.2, 0) is 0 Å². The van der Waals surface area contributed by atoms with Gasteiger partial charge in [0.15, 0.2) is 0 Å². The van der Waals surface area contributed by atoms with Crippen molar-refractivity contribution in [2.24, 2.45) is 0 Å². The maximum Gasteiger partial charge on any atom is 0.227 e. The van der Waals surface area contributed by atoms with Gasteiger partial charge >= 0.3 is 0 Å². The van der Waals surface area contributed by atoms with Crippen molar-refractivity contribution in [1.82, 2.24) is 19.9 Å². The number of fused-ring (bicyclic) bond motifs is 1. The summed E-state index contributed by atoms with van der Waals surface area (Å²) < 4.78 is 5.69. The zero-order chi connectivity index (χ0) is 23.7. The summed E-state index contributed by atoms with van der Waals surface area (Å²) in [5.41, 5.74) is 11.5. The van der Waals surface area contributed by atoms with Gasteiger partial charge in [0.2, 0.25) is 5.95 Å². The van der Waals surface area contributed by atoms with Gasteiger partial charge in [-0.2, -0.15) is 0 Å². The Morgan fingerprint density at radius 2 is 1.97 bits per heavy atom. The molecule has 3 heterocycles. The lowest BCUT2D eigenvalue weighted by atomic mass is 10.1. The zero-order valence-electron chi connectivity index (χ0n) is 19.7. The number of pyridine rings is 1. The fourth-order valence-corrected chi connectivity index (χ4v) is 4.42. The van der Waals surface area contributed by atoms with Crippen LogP contribution in [0.15, 0.2) is 60.9 Å². The molecule has 1 fully saturated rings. The van der Waals surface area contributed by atoms with Crippen molar-refractivity contribution in [2.45, 2.75) is 12.5 Å². The first-order valence-electron chi connectivity index (χ1n) is 11.4. The molecule has 0 amide bonds. The highest BCUT2D eigenvalue weighted by Crippen LogP contribution is 2.38. The van der Waals surface area contributed by atoms with E-state index in [0.717, 1.165) is 53.0 Å². The average molecular weight is 456 g/mol. The van der Waals surface area contributed by atoms with Crippen LogP contribution >= 0.6 is 0 Å². The Labute approximate surface area is 199 Å². The second-order valence-corrected chi connectivity index (χ2v) is 8.77. The first kappa shape index (κ1) is 21.9. The van der Waals surface area contributed by atoms with E-state index in [9.17, 15) is 0 Å². The first-order valence-corrected chi connectivity index (χ1v) is 11.4. The van der Waals surface area contributed by atoms with E-state index in [1.807, 2.05) is 48.7 Å². The number of anilines is 4. The molecule has 1 saturated heterocycles. The number of para-hydroxylation sites is 1. The van der Waals surface area contributed by atoms with Crippen LogP contribution in [-0.4, -0.2) is 60.2 Å². The Morgan fingerprint density at radius 1 is 1.12 bits per heavy atom. The monoisotopic (exact) mass is 455 g/mol. The number of ether oxygens (including phenoxy) is 1. The second kappa shape index (κ2) is 9.15. The molecule has 0 unspecified atom stereocenters. The van der Waals surface area contributed by atoms with Gasteiger partial charge in [0, 0.05) is 48.5 Å². The summed E-state index contributed by atoms with van der Waals surface area (Å²) in [5.74, 6) is 1.16. The molecule has 0 bridgehead atoms. The third-order valence-corrected chi connectivity index (χ3v) is 6.37. The summed E-state index contributed by atoms with van der Waals surface area (Å²) in [6, 6.07) is 16.4. The molecule has 4 aromatic rings. The highest BCUT2D eigenvalue weighted by atomic mass is 16.5. The number of hydrogen-bond acceptors (Lipinski definition) is 8. The molecule has 8 nitrogen and oxygen atoms in total.